The predicted octanol–water partition coefficient (Wildman–Crippen LogP) is 6.76. The number of aryl methyl sites for hydroxylation is 2. The topological polar surface area (TPSA) is 15.7 Å². The quantitative estimate of drug-likeness (QED) is 0.249. The molecule has 0 radical (unpaired) electrons. The second-order valence-electron chi connectivity index (χ2n) is 10.7. The van der Waals surface area contributed by atoms with E-state index in [4.69, 9.17) is 4.74 Å². The summed E-state index contributed by atoms with van der Waals surface area (Å²) in [5.41, 5.74) is 2.95. The zero-order valence-corrected chi connectivity index (χ0v) is 22.0. The van der Waals surface area contributed by atoms with Gasteiger partial charge in [0.2, 0.25) is 0 Å². The van der Waals surface area contributed by atoms with Gasteiger partial charge in [-0.25, -0.2) is 0 Å². The molecule has 2 atom stereocenters. The molecule has 0 N–H and O–H groups in total. The van der Waals surface area contributed by atoms with Crippen LogP contribution in [0.25, 0.3) is 0 Å². The number of hydrogen-bond donors (Lipinski definition) is 0. The lowest BCUT2D eigenvalue weighted by Gasteiger charge is -2.29. The third kappa shape index (κ3) is 9.37. The van der Waals surface area contributed by atoms with Crippen molar-refractivity contribution in [3.05, 3.63) is 71.8 Å². The first-order chi connectivity index (χ1) is 17.4. The normalized spacial score (nSPS) is 18.7. The second-order valence-corrected chi connectivity index (χ2v) is 10.7. The number of hydrogen-bond acceptors (Lipinski definition) is 3. The molecule has 3 heteroatoms. The number of likely N-dealkylation sites (tertiary alicyclic amines) is 2. The van der Waals surface area contributed by atoms with Crippen LogP contribution in [0, 0.1) is 0 Å². The molecule has 4 rings (SSSR count). The van der Waals surface area contributed by atoms with Crippen LogP contribution in [0.5, 0.6) is 0 Å². The molecule has 192 valence electrons. The molecule has 2 saturated heterocycles. The van der Waals surface area contributed by atoms with Gasteiger partial charge in [-0.2, -0.15) is 0 Å². The summed E-state index contributed by atoms with van der Waals surface area (Å²) in [5.74, 6) is 0. The Labute approximate surface area is 214 Å². The van der Waals surface area contributed by atoms with Crippen LogP contribution in [0.1, 0.15) is 75.3 Å². The maximum Gasteiger partial charge on any atom is 0.0480 e. The van der Waals surface area contributed by atoms with E-state index >= 15 is 0 Å². The molecule has 2 aromatic rings. The van der Waals surface area contributed by atoms with E-state index in [1.54, 1.807) is 0 Å². The summed E-state index contributed by atoms with van der Waals surface area (Å²) in [6.07, 6.45) is 15.4. The zero-order chi connectivity index (χ0) is 24.0. The van der Waals surface area contributed by atoms with Gasteiger partial charge in [0.25, 0.3) is 0 Å². The lowest BCUT2D eigenvalue weighted by Crippen LogP contribution is -2.35. The second kappa shape index (κ2) is 15.4. The van der Waals surface area contributed by atoms with Crippen molar-refractivity contribution in [2.75, 3.05) is 39.4 Å². The molecule has 0 aliphatic carbocycles. The van der Waals surface area contributed by atoms with Crippen LogP contribution >= 0.6 is 0 Å². The summed E-state index contributed by atoms with van der Waals surface area (Å²) in [6, 6.07) is 23.4. The van der Waals surface area contributed by atoms with E-state index in [-0.39, 0.29) is 0 Å². The maximum atomic E-state index is 6.29. The van der Waals surface area contributed by atoms with Crippen LogP contribution in [0.4, 0.5) is 0 Å². The van der Waals surface area contributed by atoms with Gasteiger partial charge in [-0.1, -0.05) is 60.7 Å². The molecule has 3 nitrogen and oxygen atoms in total. The molecule has 2 heterocycles. The van der Waals surface area contributed by atoms with Gasteiger partial charge in [-0.3, -0.25) is 0 Å². The van der Waals surface area contributed by atoms with Crippen LogP contribution in [0.15, 0.2) is 60.7 Å². The summed E-state index contributed by atoms with van der Waals surface area (Å²) >= 11 is 0. The fraction of sp³-hybridized carbons (Fsp3) is 0.625. The average Bonchev–Trinajstić information content (AvgIpc) is 3.63. The maximum absolute atomic E-state index is 6.29. The minimum Gasteiger partial charge on any atom is -0.381 e. The molecule has 0 bridgehead atoms. The largest absolute Gasteiger partial charge is 0.381 e. The molecule has 35 heavy (non-hydrogen) atoms. The Hall–Kier alpha value is -1.68. The Morgan fingerprint density at radius 1 is 0.543 bits per heavy atom. The van der Waals surface area contributed by atoms with Gasteiger partial charge in [0.15, 0.2) is 0 Å². The van der Waals surface area contributed by atoms with E-state index in [1.165, 1.54) is 114 Å². The van der Waals surface area contributed by atoms with E-state index in [0.29, 0.717) is 12.1 Å². The lowest BCUT2D eigenvalue weighted by molar-refractivity contribution is 0.0806. The Morgan fingerprint density at radius 3 is 1.34 bits per heavy atom. The van der Waals surface area contributed by atoms with Crippen molar-refractivity contribution in [3.8, 4) is 0 Å². The highest BCUT2D eigenvalue weighted by Gasteiger charge is 2.23. The summed E-state index contributed by atoms with van der Waals surface area (Å²) in [5, 5.41) is 0. The first-order valence-electron chi connectivity index (χ1n) is 14.5. The van der Waals surface area contributed by atoms with Gasteiger partial charge in [0.05, 0.1) is 0 Å². The van der Waals surface area contributed by atoms with Gasteiger partial charge >= 0.3 is 0 Å². The highest BCUT2D eigenvalue weighted by Crippen LogP contribution is 2.21. The summed E-state index contributed by atoms with van der Waals surface area (Å²) in [4.78, 5) is 5.48. The minimum absolute atomic E-state index is 0.696. The fourth-order valence-electron chi connectivity index (χ4n) is 6.15. The van der Waals surface area contributed by atoms with Crippen LogP contribution in [-0.4, -0.2) is 61.3 Å². The zero-order valence-electron chi connectivity index (χ0n) is 22.0. The van der Waals surface area contributed by atoms with Crippen LogP contribution in [0.3, 0.4) is 0 Å². The number of nitrogens with zero attached hydrogens (tertiary/aromatic N) is 2. The first kappa shape index (κ1) is 26.4. The standard InChI is InChI=1S/C32H48N2O/c1-3-13-29(14-4-1)17-11-19-31(33-23-7-8-24-33)21-27-35-28-22-32(34-25-9-10-26-34)20-12-18-30-15-5-2-6-16-30/h1-6,13-16,31-32H,7-12,17-28H2. The Kier molecular flexibility index (Phi) is 11.6. The molecule has 0 aromatic heterocycles. The molecule has 2 fully saturated rings. The summed E-state index contributed by atoms with van der Waals surface area (Å²) < 4.78 is 6.29. The smallest absolute Gasteiger partial charge is 0.0480 e. The van der Waals surface area contributed by atoms with Crippen molar-refractivity contribution in [2.24, 2.45) is 0 Å². The van der Waals surface area contributed by atoms with Crippen LogP contribution in [-0.2, 0) is 17.6 Å². The van der Waals surface area contributed by atoms with Crippen molar-refractivity contribution in [3.63, 3.8) is 0 Å². The van der Waals surface area contributed by atoms with Crippen molar-refractivity contribution < 1.29 is 4.74 Å². The van der Waals surface area contributed by atoms with Crippen LogP contribution in [0.2, 0.25) is 0 Å². The van der Waals surface area contributed by atoms with Gasteiger partial charge < -0.3 is 14.5 Å². The van der Waals surface area contributed by atoms with E-state index in [1.807, 2.05) is 0 Å². The van der Waals surface area contributed by atoms with Crippen LogP contribution < -0.4 is 0 Å². The highest BCUT2D eigenvalue weighted by atomic mass is 16.5. The average molecular weight is 477 g/mol. The summed E-state index contributed by atoms with van der Waals surface area (Å²) in [7, 11) is 0. The van der Waals surface area contributed by atoms with E-state index in [9.17, 15) is 0 Å². The van der Waals surface area contributed by atoms with Gasteiger partial charge in [0.1, 0.15) is 0 Å². The molecule has 2 unspecified atom stereocenters. The molecule has 2 aliphatic heterocycles. The summed E-state index contributed by atoms with van der Waals surface area (Å²) in [6.45, 7) is 6.98. The molecule has 0 amide bonds. The van der Waals surface area contributed by atoms with Gasteiger partial charge in [-0.15, -0.1) is 0 Å². The first-order valence-corrected chi connectivity index (χ1v) is 14.5. The minimum atomic E-state index is 0.696. The molecule has 2 aliphatic rings. The Bertz CT molecular complexity index is 716. The SMILES string of the molecule is c1ccc(CCCC(CCOCCC(CCCc2ccccc2)N2CCCC2)N2CCCC2)cc1. The molecule has 0 saturated carbocycles. The van der Waals surface area contributed by atoms with Gasteiger partial charge in [-0.05, 0) is 114 Å². The molecule has 0 spiro atoms. The van der Waals surface area contributed by atoms with Crippen molar-refractivity contribution >= 4 is 0 Å². The van der Waals surface area contributed by atoms with E-state index in [0.717, 1.165) is 13.2 Å². The molecular formula is C32H48N2O. The van der Waals surface area contributed by atoms with Crippen molar-refractivity contribution in [1.82, 2.24) is 9.80 Å². The number of benzene rings is 2. The third-order valence-electron chi connectivity index (χ3n) is 8.20. The number of rotatable bonds is 16. The molecule has 2 aromatic carbocycles. The van der Waals surface area contributed by atoms with Crippen molar-refractivity contribution in [2.45, 2.75) is 89.1 Å². The Balaban J connectivity index is 1.16. The third-order valence-corrected chi connectivity index (χ3v) is 8.20. The fourth-order valence-corrected chi connectivity index (χ4v) is 6.15. The highest BCUT2D eigenvalue weighted by molar-refractivity contribution is 5.15. The molecular weight excluding hydrogens is 428 g/mol. The van der Waals surface area contributed by atoms with Crippen molar-refractivity contribution in [1.29, 1.82) is 0 Å². The van der Waals surface area contributed by atoms with E-state index in [2.05, 4.69) is 70.5 Å². The van der Waals surface area contributed by atoms with E-state index < -0.39 is 0 Å². The Morgan fingerprint density at radius 2 is 0.943 bits per heavy atom. The number of ether oxygens (including phenoxy) is 1. The predicted molar refractivity (Wildman–Crippen MR) is 148 cm³/mol. The van der Waals surface area contributed by atoms with Gasteiger partial charge in [0, 0.05) is 25.3 Å². The lowest BCUT2D eigenvalue weighted by atomic mass is 10.0. The monoisotopic (exact) mass is 476 g/mol.